The van der Waals surface area contributed by atoms with Crippen molar-refractivity contribution in [3.05, 3.63) is 66.5 Å². The van der Waals surface area contributed by atoms with Crippen LogP contribution in [0.2, 0.25) is 0 Å². The van der Waals surface area contributed by atoms with Crippen LogP contribution in [0.15, 0.2) is 54.9 Å². The second-order valence-corrected chi connectivity index (χ2v) is 15.5. The van der Waals surface area contributed by atoms with Gasteiger partial charge >= 0.3 is 12.2 Å². The molecule has 2 aliphatic rings. The maximum absolute atomic E-state index is 13.8. The maximum atomic E-state index is 13.8. The van der Waals surface area contributed by atoms with E-state index in [-0.39, 0.29) is 35.7 Å². The summed E-state index contributed by atoms with van der Waals surface area (Å²) in [4.78, 5) is 76.7. The number of hydrogen-bond acceptors (Lipinski definition) is 9. The number of fused-ring (bicyclic) bond motifs is 2. The first kappa shape index (κ1) is 40.2. The third-order valence-electron chi connectivity index (χ3n) is 12.0. The van der Waals surface area contributed by atoms with Gasteiger partial charge < -0.3 is 39.9 Å². The lowest BCUT2D eigenvalue weighted by molar-refractivity contribution is -0.136. The number of amides is 4. The summed E-state index contributed by atoms with van der Waals surface area (Å²) in [5, 5.41) is 7.59. The highest BCUT2D eigenvalue weighted by molar-refractivity contribution is 5.91. The second-order valence-electron chi connectivity index (χ2n) is 15.5. The van der Waals surface area contributed by atoms with Crippen LogP contribution in [0.4, 0.5) is 9.59 Å². The Bertz CT molecular complexity index is 2300. The molecule has 6 unspecified atom stereocenters. The Kier molecular flexibility index (Phi) is 12.0. The predicted octanol–water partition coefficient (Wildman–Crippen LogP) is 7.04. The van der Waals surface area contributed by atoms with E-state index in [9.17, 15) is 19.2 Å². The number of imidazole rings is 2. The molecular formula is C43H53N9O6. The van der Waals surface area contributed by atoms with Crippen LogP contribution in [0.1, 0.15) is 90.0 Å². The van der Waals surface area contributed by atoms with E-state index in [0.29, 0.717) is 18.9 Å². The smallest absolute Gasteiger partial charge is 0.407 e. The third kappa shape index (κ3) is 8.07. The number of carbonyl (C=O) groups excluding carboxylic acids is 4. The fraction of sp³-hybridized carbons (Fsp3) is 0.465. The molecular weight excluding hydrogens is 739 g/mol. The number of aromatic amines is 2. The molecule has 0 bridgehead atoms. The Morgan fingerprint density at radius 2 is 1.29 bits per heavy atom. The number of ether oxygens (including phenoxy) is 2. The van der Waals surface area contributed by atoms with Crippen molar-refractivity contribution in [2.24, 2.45) is 11.8 Å². The zero-order valence-corrected chi connectivity index (χ0v) is 34.0. The molecule has 15 heteroatoms. The topological polar surface area (TPSA) is 188 Å². The standard InChI is InChI=1S/C43H53N9O6/c1-7-24(3)36(49-42(55)57-5)40(53)51-17-9-11-34(51)38-45-22-32(47-38)29-16-14-26-19-28(15-13-27(26)20-29)30-21-31-33(23-44-30)48-39(46-31)35-12-10-18-52(35)41(54)37(25(4)8-2)50-43(56)58-6/h13-16,19-25,34-37H,7-12,17-18H2,1-6H3,(H,45,47)(H,46,48)(H,49,55)(H,50,56). The van der Waals surface area contributed by atoms with E-state index in [2.05, 4.69) is 50.9 Å². The maximum Gasteiger partial charge on any atom is 0.407 e. The minimum atomic E-state index is -0.691. The summed E-state index contributed by atoms with van der Waals surface area (Å²) < 4.78 is 9.62. The van der Waals surface area contributed by atoms with Gasteiger partial charge in [0, 0.05) is 24.2 Å². The van der Waals surface area contributed by atoms with Crippen LogP contribution < -0.4 is 10.6 Å². The summed E-state index contributed by atoms with van der Waals surface area (Å²) in [7, 11) is 2.60. The fourth-order valence-electron chi connectivity index (χ4n) is 8.20. The largest absolute Gasteiger partial charge is 0.453 e. The first-order valence-corrected chi connectivity index (χ1v) is 20.3. The molecule has 4 amide bonds. The zero-order valence-electron chi connectivity index (χ0n) is 34.0. The van der Waals surface area contributed by atoms with Gasteiger partial charge in [-0.05, 0) is 66.5 Å². The first-order valence-electron chi connectivity index (χ1n) is 20.3. The summed E-state index contributed by atoms with van der Waals surface area (Å²) >= 11 is 0. The quantitative estimate of drug-likeness (QED) is 0.103. The molecule has 5 heterocycles. The number of pyridine rings is 1. The number of nitrogens with one attached hydrogen (secondary N) is 4. The van der Waals surface area contributed by atoms with Crippen LogP contribution in [-0.4, -0.2) is 98.1 Å². The Labute approximate surface area is 337 Å². The van der Waals surface area contributed by atoms with E-state index in [4.69, 9.17) is 24.4 Å². The molecule has 15 nitrogen and oxygen atoms in total. The molecule has 0 saturated carbocycles. The van der Waals surface area contributed by atoms with Crippen molar-refractivity contribution in [3.8, 4) is 22.5 Å². The molecule has 4 N–H and O–H groups in total. The van der Waals surface area contributed by atoms with Gasteiger partial charge in [-0.25, -0.2) is 19.6 Å². The average Bonchev–Trinajstić information content (AvgIpc) is 4.09. The van der Waals surface area contributed by atoms with Gasteiger partial charge in [0.2, 0.25) is 11.8 Å². The second kappa shape index (κ2) is 17.2. The highest BCUT2D eigenvalue weighted by Gasteiger charge is 2.39. The van der Waals surface area contributed by atoms with E-state index in [0.717, 1.165) is 88.7 Å². The number of likely N-dealkylation sites (tertiary alicyclic amines) is 2. The molecule has 0 aliphatic carbocycles. The summed E-state index contributed by atoms with van der Waals surface area (Å²) in [6.07, 6.45) is 7.02. The van der Waals surface area contributed by atoms with E-state index in [1.165, 1.54) is 14.2 Å². The fourth-order valence-corrected chi connectivity index (χ4v) is 8.20. The lowest BCUT2D eigenvalue weighted by Gasteiger charge is -2.30. The lowest BCUT2D eigenvalue weighted by atomic mass is 9.97. The summed E-state index contributed by atoms with van der Waals surface area (Å²) in [5.41, 5.74) is 5.09. The van der Waals surface area contributed by atoms with Gasteiger partial charge in [0.1, 0.15) is 23.7 Å². The Hall–Kier alpha value is -5.99. The molecule has 58 heavy (non-hydrogen) atoms. The Balaban J connectivity index is 1.07. The number of benzene rings is 2. The van der Waals surface area contributed by atoms with Gasteiger partial charge in [-0.15, -0.1) is 0 Å². The molecule has 5 aromatic rings. The van der Waals surface area contributed by atoms with Crippen molar-refractivity contribution in [1.29, 1.82) is 0 Å². The van der Waals surface area contributed by atoms with Crippen LogP contribution in [-0.2, 0) is 19.1 Å². The number of H-pyrrole nitrogens is 2. The van der Waals surface area contributed by atoms with Crippen molar-refractivity contribution < 1.29 is 28.7 Å². The summed E-state index contributed by atoms with van der Waals surface area (Å²) in [5.74, 6) is 1.03. The summed E-state index contributed by atoms with van der Waals surface area (Å²) in [6, 6.07) is 12.6. The van der Waals surface area contributed by atoms with Crippen LogP contribution in [0.5, 0.6) is 0 Å². The van der Waals surface area contributed by atoms with E-state index < -0.39 is 24.3 Å². The minimum absolute atomic E-state index is 0.0609. The van der Waals surface area contributed by atoms with Crippen molar-refractivity contribution in [1.82, 2.24) is 45.4 Å². The lowest BCUT2D eigenvalue weighted by Crippen LogP contribution is -2.51. The van der Waals surface area contributed by atoms with Gasteiger partial charge in [0.25, 0.3) is 0 Å². The molecule has 2 aromatic carbocycles. The van der Waals surface area contributed by atoms with E-state index in [1.54, 1.807) is 6.20 Å². The number of hydrogen-bond donors (Lipinski definition) is 4. The van der Waals surface area contributed by atoms with Crippen LogP contribution in [0, 0.1) is 11.8 Å². The van der Waals surface area contributed by atoms with Gasteiger partial charge in [-0.3, -0.25) is 14.6 Å². The minimum Gasteiger partial charge on any atom is -0.453 e. The van der Waals surface area contributed by atoms with Crippen LogP contribution >= 0.6 is 0 Å². The number of methoxy groups -OCH3 is 2. The Morgan fingerprint density at radius 1 is 0.741 bits per heavy atom. The number of carbonyl (C=O) groups is 4. The zero-order chi connectivity index (χ0) is 41.1. The van der Waals surface area contributed by atoms with Gasteiger partial charge in [-0.2, -0.15) is 0 Å². The third-order valence-corrected chi connectivity index (χ3v) is 12.0. The van der Waals surface area contributed by atoms with Crippen LogP contribution in [0.25, 0.3) is 44.3 Å². The number of aromatic nitrogens is 5. The molecule has 0 radical (unpaired) electrons. The molecule has 2 aliphatic heterocycles. The predicted molar refractivity (Wildman–Crippen MR) is 219 cm³/mol. The average molecular weight is 792 g/mol. The van der Waals surface area contributed by atoms with Gasteiger partial charge in [0.05, 0.1) is 61.1 Å². The van der Waals surface area contributed by atoms with Gasteiger partial charge in [-0.1, -0.05) is 64.8 Å². The van der Waals surface area contributed by atoms with Crippen molar-refractivity contribution in [2.75, 3.05) is 27.3 Å². The molecule has 6 atom stereocenters. The Morgan fingerprint density at radius 3 is 1.86 bits per heavy atom. The van der Waals surface area contributed by atoms with E-state index in [1.807, 2.05) is 55.8 Å². The van der Waals surface area contributed by atoms with Crippen molar-refractivity contribution >= 4 is 45.8 Å². The number of alkyl carbamates (subject to hydrolysis) is 2. The summed E-state index contributed by atoms with van der Waals surface area (Å²) in [6.45, 7) is 9.07. The van der Waals surface area contributed by atoms with Gasteiger partial charge in [0.15, 0.2) is 0 Å². The highest BCUT2D eigenvalue weighted by atomic mass is 16.5. The van der Waals surface area contributed by atoms with Crippen LogP contribution in [0.3, 0.4) is 0 Å². The SMILES string of the molecule is CCC(C)C(NC(=O)OC)C(=O)N1CCCC1c1ncc(-c2ccc3cc(-c4cc5nc(C6CCCN6C(=O)C(NC(=O)OC)C(C)CC)[nH]c5cn4)ccc3c2)[nH]1. The number of nitrogens with zero attached hydrogens (tertiary/aromatic N) is 5. The van der Waals surface area contributed by atoms with Crippen molar-refractivity contribution in [3.63, 3.8) is 0 Å². The first-order chi connectivity index (χ1) is 28.0. The molecule has 3 aromatic heterocycles. The molecule has 2 fully saturated rings. The number of rotatable bonds is 12. The van der Waals surface area contributed by atoms with E-state index >= 15 is 0 Å². The molecule has 2 saturated heterocycles. The highest BCUT2D eigenvalue weighted by Crippen LogP contribution is 2.36. The monoisotopic (exact) mass is 791 g/mol. The molecule has 7 rings (SSSR count). The normalized spacial score (nSPS) is 18.9. The van der Waals surface area contributed by atoms with Crippen molar-refractivity contribution in [2.45, 2.75) is 90.4 Å². The molecule has 306 valence electrons. The molecule has 0 spiro atoms.